The van der Waals surface area contributed by atoms with Crippen LogP contribution in [-0.2, 0) is 16.1 Å². The molecule has 0 fully saturated rings. The molecule has 1 aromatic carbocycles. The monoisotopic (exact) mass is 279 g/mol. The van der Waals surface area contributed by atoms with Crippen LogP contribution in [0.5, 0.6) is 5.75 Å². The summed E-state index contributed by atoms with van der Waals surface area (Å²) in [6, 6.07) is 7.45. The molecule has 2 unspecified atom stereocenters. The lowest BCUT2D eigenvalue weighted by molar-refractivity contribution is -0.146. The molecule has 1 amide bonds. The Morgan fingerprint density at radius 3 is 2.60 bits per heavy atom. The molecule has 0 aliphatic carbocycles. The summed E-state index contributed by atoms with van der Waals surface area (Å²) >= 11 is 0. The van der Waals surface area contributed by atoms with Crippen molar-refractivity contribution in [2.75, 3.05) is 6.61 Å². The molecule has 0 aliphatic rings. The van der Waals surface area contributed by atoms with Gasteiger partial charge in [0, 0.05) is 12.5 Å². The fraction of sp³-hybridized carbons (Fsp3) is 0.467. The Morgan fingerprint density at radius 2 is 2.00 bits per heavy atom. The summed E-state index contributed by atoms with van der Waals surface area (Å²) in [4.78, 5) is 22.7. The molecule has 5 heteroatoms. The number of aliphatic carboxylic acids is 1. The molecular formula is C15H21NO4. The Hall–Kier alpha value is -2.04. The van der Waals surface area contributed by atoms with E-state index in [4.69, 9.17) is 9.84 Å². The number of carboxylic acids is 1. The minimum atomic E-state index is -0.967. The average molecular weight is 279 g/mol. The van der Waals surface area contributed by atoms with E-state index >= 15 is 0 Å². The van der Waals surface area contributed by atoms with Gasteiger partial charge in [-0.05, 0) is 24.6 Å². The van der Waals surface area contributed by atoms with Crippen molar-refractivity contribution >= 4 is 11.9 Å². The zero-order valence-corrected chi connectivity index (χ0v) is 12.1. The number of ether oxygens (including phenoxy) is 1. The minimum Gasteiger partial charge on any atom is -0.494 e. The molecule has 0 saturated carbocycles. The van der Waals surface area contributed by atoms with Gasteiger partial charge in [0.1, 0.15) is 5.75 Å². The van der Waals surface area contributed by atoms with Crippen LogP contribution in [0.2, 0.25) is 0 Å². The molecule has 0 heterocycles. The number of hydrogen-bond donors (Lipinski definition) is 2. The molecule has 110 valence electrons. The van der Waals surface area contributed by atoms with Gasteiger partial charge in [-0.15, -0.1) is 0 Å². The van der Waals surface area contributed by atoms with Crippen LogP contribution < -0.4 is 10.1 Å². The third kappa shape index (κ3) is 4.57. The van der Waals surface area contributed by atoms with Crippen LogP contribution >= 0.6 is 0 Å². The van der Waals surface area contributed by atoms with Crippen LogP contribution in [0.1, 0.15) is 26.3 Å². The number of rotatable bonds is 7. The van der Waals surface area contributed by atoms with Gasteiger partial charge >= 0.3 is 5.97 Å². The lowest BCUT2D eigenvalue weighted by Crippen LogP contribution is -2.34. The van der Waals surface area contributed by atoms with Crippen LogP contribution in [0.25, 0.3) is 0 Å². The van der Waals surface area contributed by atoms with Crippen molar-refractivity contribution in [3.63, 3.8) is 0 Å². The summed E-state index contributed by atoms with van der Waals surface area (Å²) in [5.41, 5.74) is 0.916. The first kappa shape index (κ1) is 16.0. The van der Waals surface area contributed by atoms with Crippen LogP contribution in [0, 0.1) is 11.8 Å². The smallest absolute Gasteiger partial charge is 0.307 e. The van der Waals surface area contributed by atoms with Gasteiger partial charge in [-0.3, -0.25) is 9.59 Å². The van der Waals surface area contributed by atoms with Crippen molar-refractivity contribution in [3.05, 3.63) is 29.8 Å². The molecule has 0 aliphatic heterocycles. The molecule has 0 radical (unpaired) electrons. The first-order valence-electron chi connectivity index (χ1n) is 6.68. The zero-order valence-electron chi connectivity index (χ0n) is 12.1. The molecule has 20 heavy (non-hydrogen) atoms. The van der Waals surface area contributed by atoms with E-state index in [0.717, 1.165) is 11.3 Å². The molecule has 0 saturated heterocycles. The highest BCUT2D eigenvalue weighted by Crippen LogP contribution is 2.14. The highest BCUT2D eigenvalue weighted by Gasteiger charge is 2.25. The van der Waals surface area contributed by atoms with Gasteiger partial charge in [0.05, 0.1) is 12.5 Å². The van der Waals surface area contributed by atoms with Gasteiger partial charge < -0.3 is 15.2 Å². The second kappa shape index (κ2) is 7.53. The van der Waals surface area contributed by atoms with Gasteiger partial charge in [-0.2, -0.15) is 0 Å². The number of benzene rings is 1. The summed E-state index contributed by atoms with van der Waals surface area (Å²) in [5, 5.41) is 11.6. The summed E-state index contributed by atoms with van der Waals surface area (Å²) in [6.45, 7) is 6.00. The van der Waals surface area contributed by atoms with E-state index < -0.39 is 17.8 Å². The van der Waals surface area contributed by atoms with E-state index in [1.807, 2.05) is 31.2 Å². The molecular weight excluding hydrogens is 258 g/mol. The number of carbonyl (C=O) groups excluding carboxylic acids is 1. The fourth-order valence-electron chi connectivity index (χ4n) is 1.70. The van der Waals surface area contributed by atoms with E-state index in [-0.39, 0.29) is 5.91 Å². The van der Waals surface area contributed by atoms with E-state index in [1.165, 1.54) is 6.92 Å². The third-order valence-electron chi connectivity index (χ3n) is 3.23. The van der Waals surface area contributed by atoms with Crippen molar-refractivity contribution in [2.24, 2.45) is 11.8 Å². The molecule has 0 aromatic heterocycles. The molecule has 5 nitrogen and oxygen atoms in total. The predicted molar refractivity (Wildman–Crippen MR) is 75.4 cm³/mol. The van der Waals surface area contributed by atoms with Crippen molar-refractivity contribution in [2.45, 2.75) is 27.3 Å². The molecule has 2 N–H and O–H groups in total. The Labute approximate surface area is 118 Å². The highest BCUT2D eigenvalue weighted by atomic mass is 16.5. The Balaban J connectivity index is 2.56. The first-order chi connectivity index (χ1) is 9.45. The van der Waals surface area contributed by atoms with Crippen molar-refractivity contribution < 1.29 is 19.4 Å². The fourth-order valence-corrected chi connectivity index (χ4v) is 1.70. The largest absolute Gasteiger partial charge is 0.494 e. The average Bonchev–Trinajstić information content (AvgIpc) is 2.43. The minimum absolute atomic E-state index is 0.262. The number of hydrogen-bond acceptors (Lipinski definition) is 3. The van der Waals surface area contributed by atoms with Gasteiger partial charge in [0.15, 0.2) is 0 Å². The lowest BCUT2D eigenvalue weighted by Gasteiger charge is -2.16. The van der Waals surface area contributed by atoms with Crippen LogP contribution in [-0.4, -0.2) is 23.6 Å². The standard InChI is InChI=1S/C15H21NO4/c1-4-20-13-7-5-6-12(8-13)9-16-14(17)10(2)11(3)15(18)19/h5-8,10-11H,4,9H2,1-3H3,(H,16,17)(H,18,19). The predicted octanol–water partition coefficient (Wildman–Crippen LogP) is 2.06. The third-order valence-corrected chi connectivity index (χ3v) is 3.23. The maximum Gasteiger partial charge on any atom is 0.307 e. The van der Waals surface area contributed by atoms with Crippen molar-refractivity contribution in [1.82, 2.24) is 5.32 Å². The summed E-state index contributed by atoms with van der Waals surface area (Å²) in [6.07, 6.45) is 0. The topological polar surface area (TPSA) is 75.6 Å². The second-order valence-corrected chi connectivity index (χ2v) is 4.71. The van der Waals surface area contributed by atoms with E-state index in [9.17, 15) is 9.59 Å². The Morgan fingerprint density at radius 1 is 1.30 bits per heavy atom. The summed E-state index contributed by atoms with van der Waals surface area (Å²) in [7, 11) is 0. The normalized spacial score (nSPS) is 13.3. The van der Waals surface area contributed by atoms with Crippen LogP contribution in [0.4, 0.5) is 0 Å². The zero-order chi connectivity index (χ0) is 15.1. The molecule has 2 atom stereocenters. The quantitative estimate of drug-likeness (QED) is 0.801. The van der Waals surface area contributed by atoms with Gasteiger partial charge in [-0.1, -0.05) is 26.0 Å². The van der Waals surface area contributed by atoms with E-state index in [1.54, 1.807) is 6.92 Å². The number of amides is 1. The van der Waals surface area contributed by atoms with Gasteiger partial charge in [0.25, 0.3) is 0 Å². The van der Waals surface area contributed by atoms with Crippen molar-refractivity contribution in [3.8, 4) is 5.75 Å². The molecule has 1 aromatic rings. The SMILES string of the molecule is CCOc1cccc(CNC(=O)C(C)C(C)C(=O)O)c1. The van der Waals surface area contributed by atoms with Crippen LogP contribution in [0.15, 0.2) is 24.3 Å². The lowest BCUT2D eigenvalue weighted by atomic mass is 9.95. The number of carboxylic acid groups (broad SMARTS) is 1. The maximum absolute atomic E-state index is 11.9. The summed E-state index contributed by atoms with van der Waals surface area (Å²) < 4.78 is 5.38. The molecule has 1 rings (SSSR count). The molecule has 0 spiro atoms. The Bertz CT molecular complexity index is 473. The van der Waals surface area contributed by atoms with E-state index in [2.05, 4.69) is 5.32 Å². The summed E-state index contributed by atoms with van der Waals surface area (Å²) in [5.74, 6) is -1.74. The maximum atomic E-state index is 11.9. The second-order valence-electron chi connectivity index (χ2n) is 4.71. The number of nitrogens with one attached hydrogen (secondary N) is 1. The number of carbonyl (C=O) groups is 2. The van der Waals surface area contributed by atoms with Crippen LogP contribution in [0.3, 0.4) is 0 Å². The Kier molecular flexibility index (Phi) is 6.03. The van der Waals surface area contributed by atoms with E-state index in [0.29, 0.717) is 13.2 Å². The van der Waals surface area contributed by atoms with Gasteiger partial charge in [-0.25, -0.2) is 0 Å². The highest BCUT2D eigenvalue weighted by molar-refractivity contribution is 5.84. The molecule has 0 bridgehead atoms. The van der Waals surface area contributed by atoms with Gasteiger partial charge in [0.2, 0.25) is 5.91 Å². The first-order valence-corrected chi connectivity index (χ1v) is 6.68. The van der Waals surface area contributed by atoms with Crippen molar-refractivity contribution in [1.29, 1.82) is 0 Å².